The monoisotopic (exact) mass is 463 g/mol. The Labute approximate surface area is 206 Å². The van der Waals surface area contributed by atoms with Gasteiger partial charge in [0.15, 0.2) is 5.82 Å². The van der Waals surface area contributed by atoms with Crippen LogP contribution in [0.3, 0.4) is 0 Å². The highest BCUT2D eigenvalue weighted by molar-refractivity contribution is 6.34. The first-order valence-electron chi connectivity index (χ1n) is 12.6. The summed E-state index contributed by atoms with van der Waals surface area (Å²) in [6, 6.07) is 17.6. The average Bonchev–Trinajstić information content (AvgIpc) is 3.58. The van der Waals surface area contributed by atoms with Crippen LogP contribution in [0, 0.1) is 0 Å². The highest BCUT2D eigenvalue weighted by Gasteiger charge is 2.30. The van der Waals surface area contributed by atoms with Crippen LogP contribution in [-0.4, -0.2) is 16.2 Å². The van der Waals surface area contributed by atoms with E-state index in [9.17, 15) is 0 Å². The number of fused-ring (bicyclic) bond motifs is 11. The third-order valence-corrected chi connectivity index (χ3v) is 8.00. The van der Waals surface area contributed by atoms with Crippen molar-refractivity contribution >= 4 is 71.9 Å². The lowest BCUT2D eigenvalue weighted by molar-refractivity contribution is 0.668. The molecule has 3 aliphatic rings. The lowest BCUT2D eigenvalue weighted by Gasteiger charge is -2.23. The normalized spacial score (nSPS) is 18.8. The molecule has 9 rings (SSSR count). The molecule has 1 aliphatic heterocycles. The Kier molecular flexibility index (Phi) is 3.41. The summed E-state index contributed by atoms with van der Waals surface area (Å²) < 4.78 is 9.07. The van der Waals surface area contributed by atoms with E-state index in [-0.39, 0.29) is 6.04 Å². The predicted octanol–water partition coefficient (Wildman–Crippen LogP) is 8.31. The molecule has 0 fully saturated rings. The number of benzene rings is 3. The van der Waals surface area contributed by atoms with Crippen molar-refractivity contribution in [1.29, 1.82) is 0 Å². The number of allylic oxidation sites excluding steroid dienone is 6. The molecule has 1 N–H and O–H groups in total. The maximum atomic E-state index is 6.73. The van der Waals surface area contributed by atoms with Crippen LogP contribution in [0.25, 0.3) is 54.7 Å². The zero-order valence-electron chi connectivity index (χ0n) is 19.5. The van der Waals surface area contributed by atoms with E-state index in [0.717, 1.165) is 46.6 Å². The minimum absolute atomic E-state index is 0.0870. The average molecular weight is 464 g/mol. The lowest BCUT2D eigenvalue weighted by atomic mass is 9.95. The molecular formula is C32H21N3O. The molecule has 1 atom stereocenters. The van der Waals surface area contributed by atoms with E-state index in [2.05, 4.69) is 101 Å². The van der Waals surface area contributed by atoms with E-state index in [0.29, 0.717) is 0 Å². The fourth-order valence-electron chi connectivity index (χ4n) is 6.45. The molecule has 4 heteroatoms. The molecule has 2 aliphatic carbocycles. The molecule has 0 saturated carbocycles. The molecule has 6 aromatic rings. The third-order valence-electron chi connectivity index (χ3n) is 8.00. The van der Waals surface area contributed by atoms with E-state index in [1.165, 1.54) is 43.7 Å². The van der Waals surface area contributed by atoms with Gasteiger partial charge < -0.3 is 9.73 Å². The van der Waals surface area contributed by atoms with Gasteiger partial charge in [0.25, 0.3) is 0 Å². The van der Waals surface area contributed by atoms with Crippen LogP contribution in [0.5, 0.6) is 0 Å². The van der Waals surface area contributed by atoms with Crippen molar-refractivity contribution in [3.05, 3.63) is 96.6 Å². The number of nitrogens with zero attached hydrogens (tertiary/aromatic N) is 2. The van der Waals surface area contributed by atoms with Crippen molar-refractivity contribution in [1.82, 2.24) is 4.40 Å². The van der Waals surface area contributed by atoms with Gasteiger partial charge in [-0.15, -0.1) is 0 Å². The number of hydrogen-bond donors (Lipinski definition) is 1. The van der Waals surface area contributed by atoms with E-state index >= 15 is 0 Å². The second-order valence-corrected chi connectivity index (χ2v) is 9.92. The molecule has 4 heterocycles. The van der Waals surface area contributed by atoms with Crippen LogP contribution >= 0.6 is 0 Å². The van der Waals surface area contributed by atoms with Crippen molar-refractivity contribution in [2.24, 2.45) is 4.99 Å². The molecule has 0 amide bonds. The summed E-state index contributed by atoms with van der Waals surface area (Å²) in [4.78, 5) is 5.15. The number of hydrogen-bond acceptors (Lipinski definition) is 3. The molecule has 3 aromatic heterocycles. The maximum Gasteiger partial charge on any atom is 0.162 e. The first-order valence-corrected chi connectivity index (χ1v) is 12.6. The summed E-state index contributed by atoms with van der Waals surface area (Å²) in [5.74, 6) is 0.971. The Morgan fingerprint density at radius 1 is 0.944 bits per heavy atom. The SMILES string of the molecule is C1=CCCC(c2cccc3c2oc2cc4c5c(n6c7ccccc7c(c23)c46)N=C2C=CC=CC2N5)=C1. The lowest BCUT2D eigenvalue weighted by Crippen LogP contribution is -2.29. The smallest absolute Gasteiger partial charge is 0.162 e. The van der Waals surface area contributed by atoms with Crippen LogP contribution < -0.4 is 5.32 Å². The minimum Gasteiger partial charge on any atom is -0.455 e. The van der Waals surface area contributed by atoms with Crippen molar-refractivity contribution in [3.8, 4) is 0 Å². The second kappa shape index (κ2) is 6.55. The first kappa shape index (κ1) is 18.7. The van der Waals surface area contributed by atoms with Crippen molar-refractivity contribution in [3.63, 3.8) is 0 Å². The Hall–Kier alpha value is -4.57. The van der Waals surface area contributed by atoms with Crippen LogP contribution in [-0.2, 0) is 0 Å². The van der Waals surface area contributed by atoms with Crippen molar-refractivity contribution < 1.29 is 4.42 Å². The predicted molar refractivity (Wildman–Crippen MR) is 150 cm³/mol. The van der Waals surface area contributed by atoms with Gasteiger partial charge in [0, 0.05) is 32.5 Å². The van der Waals surface area contributed by atoms with Gasteiger partial charge in [-0.05, 0) is 36.6 Å². The molecule has 170 valence electrons. The second-order valence-electron chi connectivity index (χ2n) is 9.92. The maximum absolute atomic E-state index is 6.73. The zero-order valence-corrected chi connectivity index (χ0v) is 19.5. The van der Waals surface area contributed by atoms with E-state index in [1.807, 2.05) is 0 Å². The minimum atomic E-state index is 0.0870. The molecule has 1 unspecified atom stereocenters. The summed E-state index contributed by atoms with van der Waals surface area (Å²) in [5, 5.41) is 9.78. The van der Waals surface area contributed by atoms with E-state index < -0.39 is 0 Å². The molecule has 0 saturated heterocycles. The summed E-state index contributed by atoms with van der Waals surface area (Å²) in [6.45, 7) is 0. The van der Waals surface area contributed by atoms with Crippen LogP contribution in [0.4, 0.5) is 11.5 Å². The topological polar surface area (TPSA) is 41.9 Å². The highest BCUT2D eigenvalue weighted by Crippen LogP contribution is 2.50. The largest absolute Gasteiger partial charge is 0.455 e. The van der Waals surface area contributed by atoms with Gasteiger partial charge in [0.2, 0.25) is 0 Å². The van der Waals surface area contributed by atoms with Crippen LogP contribution in [0.1, 0.15) is 18.4 Å². The van der Waals surface area contributed by atoms with Gasteiger partial charge in [0.05, 0.1) is 28.5 Å². The zero-order chi connectivity index (χ0) is 23.4. The van der Waals surface area contributed by atoms with Gasteiger partial charge in [-0.1, -0.05) is 72.9 Å². The van der Waals surface area contributed by atoms with Gasteiger partial charge in [-0.2, -0.15) is 0 Å². The Balaban J connectivity index is 1.48. The molecule has 36 heavy (non-hydrogen) atoms. The fraction of sp³-hybridized carbons (Fsp3) is 0.0938. The molecule has 4 nitrogen and oxygen atoms in total. The van der Waals surface area contributed by atoms with Gasteiger partial charge in [-0.3, -0.25) is 4.40 Å². The van der Waals surface area contributed by atoms with Gasteiger partial charge in [-0.25, -0.2) is 4.99 Å². The molecule has 0 radical (unpaired) electrons. The molecule has 0 spiro atoms. The highest BCUT2D eigenvalue weighted by atomic mass is 16.3. The number of furan rings is 1. The Morgan fingerprint density at radius 2 is 1.89 bits per heavy atom. The molecule has 3 aromatic carbocycles. The number of nitrogens with one attached hydrogen (secondary N) is 1. The summed E-state index contributed by atoms with van der Waals surface area (Å²) in [7, 11) is 0. The van der Waals surface area contributed by atoms with Gasteiger partial charge in [0.1, 0.15) is 11.2 Å². The van der Waals surface area contributed by atoms with Crippen molar-refractivity contribution in [2.45, 2.75) is 18.9 Å². The van der Waals surface area contributed by atoms with E-state index in [4.69, 9.17) is 9.41 Å². The van der Waals surface area contributed by atoms with Crippen LogP contribution in [0.2, 0.25) is 0 Å². The summed E-state index contributed by atoms with van der Waals surface area (Å²) >= 11 is 0. The quantitative estimate of drug-likeness (QED) is 0.266. The first-order chi connectivity index (χ1) is 17.9. The fourth-order valence-corrected chi connectivity index (χ4v) is 6.45. The summed E-state index contributed by atoms with van der Waals surface area (Å²) in [5.41, 5.74) is 8.97. The number of anilines is 1. The Morgan fingerprint density at radius 3 is 2.83 bits per heavy atom. The molecule has 0 bridgehead atoms. The number of aromatic nitrogens is 1. The Bertz CT molecular complexity index is 2080. The van der Waals surface area contributed by atoms with Crippen LogP contribution in [0.15, 0.2) is 100 Å². The van der Waals surface area contributed by atoms with Crippen molar-refractivity contribution in [2.75, 3.05) is 5.32 Å². The standard InChI is InChI=1S/C32H21N3O/c1-2-9-18(10-3-1)19-12-8-13-21-27-26(36-31(19)21)17-22-29-32(34-24-15-6-5-14-23(24)33-29)35-25-16-7-4-11-20(25)28(27)30(22)35/h1-2,4-9,11-17,23,33H,3,10H2. The third kappa shape index (κ3) is 2.22. The van der Waals surface area contributed by atoms with Gasteiger partial charge >= 0.3 is 0 Å². The van der Waals surface area contributed by atoms with E-state index in [1.54, 1.807) is 0 Å². The summed E-state index contributed by atoms with van der Waals surface area (Å²) in [6.07, 6.45) is 17.1. The molecular weight excluding hydrogens is 442 g/mol. The number of rotatable bonds is 1. The number of para-hydroxylation sites is 2. The number of aliphatic imine (C=N–C) groups is 1.